The molecule has 2 aliphatic rings. The molecule has 2 amide bonds. The molecule has 9 nitrogen and oxygen atoms in total. The summed E-state index contributed by atoms with van der Waals surface area (Å²) in [6, 6.07) is 15.2. The van der Waals surface area contributed by atoms with Crippen molar-refractivity contribution >= 4 is 23.8 Å². The summed E-state index contributed by atoms with van der Waals surface area (Å²) in [5.41, 5.74) is 4.57. The van der Waals surface area contributed by atoms with Crippen molar-refractivity contribution in [2.24, 2.45) is 13.0 Å². The number of benzene rings is 2. The molecular weight excluding hydrogens is 448 g/mol. The maximum absolute atomic E-state index is 13.2. The zero-order chi connectivity index (χ0) is 24.7. The first kappa shape index (κ1) is 22.6. The van der Waals surface area contributed by atoms with Crippen LogP contribution >= 0.6 is 0 Å². The number of carbonyl (C=O) groups is 3. The first-order valence-electron chi connectivity index (χ1n) is 11.5. The summed E-state index contributed by atoms with van der Waals surface area (Å²) in [5.74, 6) is -1.74. The number of rotatable bonds is 5. The minimum Gasteiger partial charge on any atom is -0.480 e. The Bertz CT molecular complexity index is 1270. The van der Waals surface area contributed by atoms with Crippen molar-refractivity contribution in [2.45, 2.75) is 25.3 Å². The van der Waals surface area contributed by atoms with E-state index in [1.54, 1.807) is 7.05 Å². The lowest BCUT2D eigenvalue weighted by molar-refractivity contribution is -0.142. The number of carbonyl (C=O) groups excluding carboxylic acids is 2. The molecule has 1 aliphatic heterocycles. The van der Waals surface area contributed by atoms with Gasteiger partial charge in [-0.1, -0.05) is 55.5 Å². The Morgan fingerprint density at radius 3 is 2.34 bits per heavy atom. The molecule has 9 heteroatoms. The first-order chi connectivity index (χ1) is 16.8. The van der Waals surface area contributed by atoms with Gasteiger partial charge in [0.15, 0.2) is 5.82 Å². The quantitative estimate of drug-likeness (QED) is 0.583. The number of likely N-dealkylation sites (tertiary alicyclic amines) is 1. The van der Waals surface area contributed by atoms with E-state index in [2.05, 4.69) is 22.5 Å². The van der Waals surface area contributed by atoms with Gasteiger partial charge in [-0.15, -0.1) is 0 Å². The third kappa shape index (κ3) is 4.03. The largest absolute Gasteiger partial charge is 0.480 e. The highest BCUT2D eigenvalue weighted by molar-refractivity contribution is 6.03. The molecule has 1 aliphatic carbocycles. The van der Waals surface area contributed by atoms with Gasteiger partial charge in [-0.2, -0.15) is 5.10 Å². The summed E-state index contributed by atoms with van der Waals surface area (Å²) in [4.78, 5) is 38.9. The van der Waals surface area contributed by atoms with Crippen LogP contribution in [-0.2, 0) is 16.6 Å². The lowest BCUT2D eigenvalue weighted by Gasteiger charge is -2.23. The van der Waals surface area contributed by atoms with E-state index in [1.165, 1.54) is 15.8 Å². The average molecular weight is 475 g/mol. The van der Waals surface area contributed by atoms with Crippen molar-refractivity contribution < 1.29 is 24.2 Å². The van der Waals surface area contributed by atoms with Crippen LogP contribution in [0.25, 0.3) is 11.1 Å². The second kappa shape index (κ2) is 8.90. The van der Waals surface area contributed by atoms with Crippen LogP contribution in [-0.4, -0.2) is 57.0 Å². The number of aromatic nitrogens is 2. The lowest BCUT2D eigenvalue weighted by Crippen LogP contribution is -2.42. The monoisotopic (exact) mass is 474 g/mol. The number of hydrogen-bond donors (Lipinski definition) is 2. The van der Waals surface area contributed by atoms with Crippen molar-refractivity contribution in [3.8, 4) is 11.1 Å². The number of ether oxygens (including phenoxy) is 1. The third-order valence-electron chi connectivity index (χ3n) is 6.84. The predicted molar refractivity (Wildman–Crippen MR) is 128 cm³/mol. The topological polar surface area (TPSA) is 114 Å². The molecule has 1 aromatic heterocycles. The molecule has 2 unspecified atom stereocenters. The number of carboxylic acids is 1. The first-order valence-corrected chi connectivity index (χ1v) is 11.5. The van der Waals surface area contributed by atoms with E-state index in [1.807, 2.05) is 43.3 Å². The summed E-state index contributed by atoms with van der Waals surface area (Å²) < 4.78 is 6.98. The van der Waals surface area contributed by atoms with Crippen LogP contribution in [0.4, 0.5) is 10.6 Å². The molecular formula is C26H26N4O5. The van der Waals surface area contributed by atoms with Crippen LogP contribution < -0.4 is 5.32 Å². The fraction of sp³-hybridized carbons (Fsp3) is 0.308. The smallest absolute Gasteiger partial charge is 0.412 e. The summed E-state index contributed by atoms with van der Waals surface area (Å²) in [5, 5.41) is 16.3. The fourth-order valence-corrected chi connectivity index (χ4v) is 5.17. The fourth-order valence-electron chi connectivity index (χ4n) is 5.17. The number of carboxylic acid groups (broad SMARTS) is 1. The van der Waals surface area contributed by atoms with Crippen molar-refractivity contribution in [3.05, 3.63) is 71.4 Å². The Morgan fingerprint density at radius 1 is 1.09 bits per heavy atom. The molecule has 3 aromatic rings. The van der Waals surface area contributed by atoms with Gasteiger partial charge in [-0.05, 0) is 34.6 Å². The summed E-state index contributed by atoms with van der Waals surface area (Å²) in [6.45, 7) is 2.27. The molecule has 5 rings (SSSR count). The van der Waals surface area contributed by atoms with Gasteiger partial charge >= 0.3 is 12.1 Å². The van der Waals surface area contributed by atoms with E-state index in [-0.39, 0.29) is 29.8 Å². The molecule has 0 bridgehead atoms. The Labute approximate surface area is 202 Å². The van der Waals surface area contributed by atoms with Crippen LogP contribution in [0.3, 0.4) is 0 Å². The van der Waals surface area contributed by atoms with Gasteiger partial charge in [-0.3, -0.25) is 14.8 Å². The Kier molecular flexibility index (Phi) is 5.76. The molecule has 1 saturated heterocycles. The van der Waals surface area contributed by atoms with E-state index < -0.39 is 24.0 Å². The molecule has 2 N–H and O–H groups in total. The van der Waals surface area contributed by atoms with Crippen LogP contribution in [0.5, 0.6) is 0 Å². The van der Waals surface area contributed by atoms with Crippen LogP contribution in [0.2, 0.25) is 0 Å². The number of amides is 2. The van der Waals surface area contributed by atoms with Crippen molar-refractivity contribution in [1.29, 1.82) is 0 Å². The molecule has 2 atom stereocenters. The van der Waals surface area contributed by atoms with Gasteiger partial charge in [0, 0.05) is 25.7 Å². The van der Waals surface area contributed by atoms with Gasteiger partial charge in [0.05, 0.1) is 0 Å². The van der Waals surface area contributed by atoms with Crippen molar-refractivity contribution in [2.75, 3.05) is 18.5 Å². The van der Waals surface area contributed by atoms with Gasteiger partial charge in [0.25, 0.3) is 5.91 Å². The van der Waals surface area contributed by atoms with Gasteiger partial charge < -0.3 is 14.7 Å². The number of aliphatic carboxylic acids is 1. The normalized spacial score (nSPS) is 18.7. The Balaban J connectivity index is 1.31. The van der Waals surface area contributed by atoms with E-state index in [4.69, 9.17) is 4.74 Å². The maximum Gasteiger partial charge on any atom is 0.412 e. The Morgan fingerprint density at radius 2 is 1.71 bits per heavy atom. The zero-order valence-corrected chi connectivity index (χ0v) is 19.5. The predicted octanol–water partition coefficient (Wildman–Crippen LogP) is 3.72. The van der Waals surface area contributed by atoms with Gasteiger partial charge in [-0.25, -0.2) is 9.59 Å². The van der Waals surface area contributed by atoms with E-state index in [0.717, 1.165) is 22.3 Å². The lowest BCUT2D eigenvalue weighted by atomic mass is 9.98. The number of aryl methyl sites for hydroxylation is 1. The standard InChI is InChI=1S/C26H26N4O5/c1-15-11-12-30(22(15)25(32)33)24(31)20-13-29(2)28-23(20)27-26(34)35-14-21-18-9-5-3-7-16(18)17-8-4-6-10-19(17)21/h3-10,13,15,21-22H,11-12,14H2,1-2H3,(H,32,33)(H,27,28,34). The van der Waals surface area contributed by atoms with Gasteiger partial charge in [0.2, 0.25) is 0 Å². The number of anilines is 1. The highest BCUT2D eigenvalue weighted by atomic mass is 16.5. The number of hydrogen-bond acceptors (Lipinski definition) is 5. The molecule has 1 fully saturated rings. The second-order valence-electron chi connectivity index (χ2n) is 9.06. The SMILES string of the molecule is CC1CCN(C(=O)c2cn(C)nc2NC(=O)OCC2c3ccccc3-c3ccccc32)C1C(=O)O. The minimum absolute atomic E-state index is 0.0402. The molecule has 2 heterocycles. The van der Waals surface area contributed by atoms with E-state index in [9.17, 15) is 19.5 Å². The van der Waals surface area contributed by atoms with Crippen molar-refractivity contribution in [1.82, 2.24) is 14.7 Å². The van der Waals surface area contributed by atoms with Crippen LogP contribution in [0.1, 0.15) is 40.7 Å². The Hall–Kier alpha value is -4.14. The summed E-state index contributed by atoms with van der Waals surface area (Å²) >= 11 is 0. The number of nitrogens with one attached hydrogen (secondary N) is 1. The minimum atomic E-state index is -1.04. The molecule has 0 radical (unpaired) electrons. The molecule has 180 valence electrons. The highest BCUT2D eigenvalue weighted by Gasteiger charge is 2.41. The summed E-state index contributed by atoms with van der Waals surface area (Å²) in [6.07, 6.45) is 1.34. The third-order valence-corrected chi connectivity index (χ3v) is 6.84. The van der Waals surface area contributed by atoms with E-state index >= 15 is 0 Å². The van der Waals surface area contributed by atoms with Gasteiger partial charge in [0.1, 0.15) is 18.2 Å². The molecule has 2 aromatic carbocycles. The number of nitrogens with zero attached hydrogens (tertiary/aromatic N) is 3. The molecule has 35 heavy (non-hydrogen) atoms. The summed E-state index contributed by atoms with van der Waals surface area (Å²) in [7, 11) is 1.63. The average Bonchev–Trinajstić information content (AvgIpc) is 3.50. The number of fused-ring (bicyclic) bond motifs is 3. The molecule has 0 saturated carbocycles. The maximum atomic E-state index is 13.2. The van der Waals surface area contributed by atoms with Crippen LogP contribution in [0, 0.1) is 5.92 Å². The van der Waals surface area contributed by atoms with E-state index in [0.29, 0.717) is 13.0 Å². The molecule has 0 spiro atoms. The van der Waals surface area contributed by atoms with Crippen molar-refractivity contribution in [3.63, 3.8) is 0 Å². The highest BCUT2D eigenvalue weighted by Crippen LogP contribution is 2.44. The van der Waals surface area contributed by atoms with Crippen LogP contribution in [0.15, 0.2) is 54.7 Å². The second-order valence-corrected chi connectivity index (χ2v) is 9.06. The zero-order valence-electron chi connectivity index (χ0n) is 19.5.